The molecule has 2 N–H and O–H groups in total. The van der Waals surface area contributed by atoms with Crippen LogP contribution in [0.25, 0.3) is 0 Å². The van der Waals surface area contributed by atoms with Gasteiger partial charge in [-0.1, -0.05) is 12.1 Å². The molecule has 1 aliphatic rings. The molecule has 0 fully saturated rings. The highest BCUT2D eigenvalue weighted by Crippen LogP contribution is 2.34. The molecule has 10 heteroatoms. The number of benzene rings is 1. The fraction of sp³-hybridized carbons (Fsp3) is 0.350. The van der Waals surface area contributed by atoms with Crippen LogP contribution in [0.1, 0.15) is 39.4 Å². The van der Waals surface area contributed by atoms with E-state index in [0.29, 0.717) is 11.5 Å². The number of nitrogen functional groups attached to an aromatic ring is 1. The number of esters is 3. The summed E-state index contributed by atoms with van der Waals surface area (Å²) in [5, 5.41) is 0.0775. The lowest BCUT2D eigenvalue weighted by atomic mass is 10.1. The van der Waals surface area contributed by atoms with E-state index < -0.39 is 24.0 Å². The monoisotopic (exact) mass is 435 g/mol. The second-order valence-corrected chi connectivity index (χ2v) is 7.11. The molecule has 30 heavy (non-hydrogen) atoms. The first kappa shape index (κ1) is 21.4. The standard InChI is InChI=1S/C20H21NO8S/c1-3-25-19(23)15-11(16(30-17(15)21)20(24)26-4-2)9-28-18(22)14-10-27-12-7-5-6-8-13(12)29-14/h5-8,14H,3-4,9-10,21H2,1-2H3. The van der Waals surface area contributed by atoms with Gasteiger partial charge in [0, 0.05) is 5.56 Å². The van der Waals surface area contributed by atoms with Crippen LogP contribution in [0.15, 0.2) is 24.3 Å². The third kappa shape index (κ3) is 4.48. The number of thiophene rings is 1. The molecule has 0 spiro atoms. The smallest absolute Gasteiger partial charge is 0.351 e. The average Bonchev–Trinajstić information content (AvgIpc) is 3.08. The number of ether oxygens (including phenoxy) is 5. The quantitative estimate of drug-likeness (QED) is 0.516. The van der Waals surface area contributed by atoms with E-state index in [0.717, 1.165) is 11.3 Å². The van der Waals surface area contributed by atoms with E-state index in [2.05, 4.69) is 0 Å². The zero-order valence-corrected chi connectivity index (χ0v) is 17.3. The third-order valence-corrected chi connectivity index (χ3v) is 5.15. The molecule has 1 aliphatic heterocycles. The molecular formula is C20H21NO8S. The van der Waals surface area contributed by atoms with Gasteiger partial charge < -0.3 is 29.4 Å². The van der Waals surface area contributed by atoms with Crippen LogP contribution in [-0.2, 0) is 25.6 Å². The van der Waals surface area contributed by atoms with Crippen LogP contribution in [0.4, 0.5) is 5.00 Å². The van der Waals surface area contributed by atoms with Crippen LogP contribution in [0.5, 0.6) is 11.5 Å². The predicted molar refractivity (Wildman–Crippen MR) is 107 cm³/mol. The number of nitrogens with two attached hydrogens (primary N) is 1. The fourth-order valence-electron chi connectivity index (χ4n) is 2.78. The number of hydrogen-bond donors (Lipinski definition) is 1. The third-order valence-electron chi connectivity index (χ3n) is 4.10. The summed E-state index contributed by atoms with van der Waals surface area (Å²) in [7, 11) is 0. The molecule has 3 rings (SSSR count). The van der Waals surface area contributed by atoms with E-state index in [-0.39, 0.29) is 47.4 Å². The maximum atomic E-state index is 12.5. The van der Waals surface area contributed by atoms with E-state index >= 15 is 0 Å². The second-order valence-electron chi connectivity index (χ2n) is 6.06. The lowest BCUT2D eigenvalue weighted by Crippen LogP contribution is -2.37. The Bertz CT molecular complexity index is 954. The number of anilines is 1. The lowest BCUT2D eigenvalue weighted by molar-refractivity contribution is -0.155. The van der Waals surface area contributed by atoms with Crippen LogP contribution >= 0.6 is 11.3 Å². The molecule has 0 saturated heterocycles. The Morgan fingerprint density at radius 3 is 2.43 bits per heavy atom. The summed E-state index contributed by atoms with van der Waals surface area (Å²) in [5.41, 5.74) is 6.06. The van der Waals surface area contributed by atoms with Crippen molar-refractivity contribution in [3.05, 3.63) is 40.3 Å². The van der Waals surface area contributed by atoms with Crippen LogP contribution in [0.2, 0.25) is 0 Å². The highest BCUT2D eigenvalue weighted by atomic mass is 32.1. The van der Waals surface area contributed by atoms with Crippen molar-refractivity contribution in [2.75, 3.05) is 25.6 Å². The van der Waals surface area contributed by atoms with Gasteiger partial charge in [-0.25, -0.2) is 14.4 Å². The van der Waals surface area contributed by atoms with E-state index in [9.17, 15) is 14.4 Å². The van der Waals surface area contributed by atoms with Gasteiger partial charge in [-0.05, 0) is 26.0 Å². The number of para-hydroxylation sites is 2. The average molecular weight is 435 g/mol. The molecule has 1 atom stereocenters. The van der Waals surface area contributed by atoms with Crippen molar-refractivity contribution in [2.45, 2.75) is 26.6 Å². The Morgan fingerprint density at radius 1 is 1.07 bits per heavy atom. The number of fused-ring (bicyclic) bond motifs is 1. The molecular weight excluding hydrogens is 414 g/mol. The molecule has 1 aromatic heterocycles. The first-order valence-electron chi connectivity index (χ1n) is 9.26. The minimum absolute atomic E-state index is 0.0103. The molecule has 0 bridgehead atoms. The summed E-state index contributed by atoms with van der Waals surface area (Å²) in [6.45, 7) is 3.14. The Kier molecular flexibility index (Phi) is 6.78. The predicted octanol–water partition coefficient (Wildman–Crippen LogP) is 2.57. The van der Waals surface area contributed by atoms with Crippen LogP contribution in [-0.4, -0.2) is 43.8 Å². The minimum Gasteiger partial charge on any atom is -0.485 e. The van der Waals surface area contributed by atoms with E-state index in [4.69, 9.17) is 29.4 Å². The number of carbonyl (C=O) groups excluding carboxylic acids is 3. The highest BCUT2D eigenvalue weighted by molar-refractivity contribution is 7.18. The summed E-state index contributed by atoms with van der Waals surface area (Å²) in [6, 6.07) is 6.94. The molecule has 1 aromatic carbocycles. The van der Waals surface area contributed by atoms with Crippen LogP contribution in [0.3, 0.4) is 0 Å². The van der Waals surface area contributed by atoms with Crippen LogP contribution in [0, 0.1) is 0 Å². The first-order valence-corrected chi connectivity index (χ1v) is 10.1. The van der Waals surface area contributed by atoms with Gasteiger partial charge in [-0.15, -0.1) is 11.3 Å². The van der Waals surface area contributed by atoms with Crippen molar-refractivity contribution in [1.29, 1.82) is 0 Å². The topological polar surface area (TPSA) is 123 Å². The minimum atomic E-state index is -0.993. The van der Waals surface area contributed by atoms with Gasteiger partial charge in [0.2, 0.25) is 6.10 Å². The maximum absolute atomic E-state index is 12.5. The van der Waals surface area contributed by atoms with Gasteiger partial charge in [0.15, 0.2) is 11.5 Å². The zero-order valence-electron chi connectivity index (χ0n) is 16.5. The molecule has 0 aliphatic carbocycles. The summed E-state index contributed by atoms with van der Waals surface area (Å²) in [4.78, 5) is 37.2. The molecule has 2 aromatic rings. The molecule has 2 heterocycles. The van der Waals surface area contributed by atoms with Gasteiger partial charge in [0.25, 0.3) is 0 Å². The summed E-state index contributed by atoms with van der Waals surface area (Å²) in [6.07, 6.45) is -0.993. The van der Waals surface area contributed by atoms with E-state index in [1.807, 2.05) is 0 Å². The first-order chi connectivity index (χ1) is 14.5. The summed E-state index contributed by atoms with van der Waals surface area (Å²) < 4.78 is 26.5. The molecule has 160 valence electrons. The molecule has 0 amide bonds. The van der Waals surface area contributed by atoms with Gasteiger partial charge >= 0.3 is 17.9 Å². The zero-order chi connectivity index (χ0) is 21.7. The van der Waals surface area contributed by atoms with E-state index in [1.165, 1.54) is 0 Å². The second kappa shape index (κ2) is 9.49. The number of rotatable bonds is 7. The highest BCUT2D eigenvalue weighted by Gasteiger charge is 2.32. The fourth-order valence-corrected chi connectivity index (χ4v) is 3.74. The van der Waals surface area contributed by atoms with Crippen molar-refractivity contribution in [3.63, 3.8) is 0 Å². The molecule has 0 radical (unpaired) electrons. The van der Waals surface area contributed by atoms with Crippen molar-refractivity contribution < 1.29 is 38.1 Å². The Morgan fingerprint density at radius 2 is 1.73 bits per heavy atom. The molecule has 9 nitrogen and oxygen atoms in total. The van der Waals surface area contributed by atoms with E-state index in [1.54, 1.807) is 38.1 Å². The van der Waals surface area contributed by atoms with Gasteiger partial charge in [0.05, 0.1) is 13.2 Å². The molecule has 1 unspecified atom stereocenters. The van der Waals surface area contributed by atoms with Crippen LogP contribution < -0.4 is 15.2 Å². The Labute approximate surface area is 176 Å². The maximum Gasteiger partial charge on any atom is 0.351 e. The number of carbonyl (C=O) groups is 3. The van der Waals surface area contributed by atoms with Crippen molar-refractivity contribution >= 4 is 34.2 Å². The van der Waals surface area contributed by atoms with Gasteiger partial charge in [-0.3, -0.25) is 0 Å². The van der Waals surface area contributed by atoms with Gasteiger partial charge in [-0.2, -0.15) is 0 Å². The summed E-state index contributed by atoms with van der Waals surface area (Å²) >= 11 is 0.876. The molecule has 0 saturated carbocycles. The Hall–Kier alpha value is -3.27. The summed E-state index contributed by atoms with van der Waals surface area (Å²) in [5.74, 6) is -1.13. The van der Waals surface area contributed by atoms with Crippen molar-refractivity contribution in [2.24, 2.45) is 0 Å². The Balaban J connectivity index is 1.78. The number of hydrogen-bond acceptors (Lipinski definition) is 10. The van der Waals surface area contributed by atoms with Gasteiger partial charge in [0.1, 0.15) is 28.7 Å². The van der Waals surface area contributed by atoms with Crippen molar-refractivity contribution in [3.8, 4) is 11.5 Å². The normalized spacial score (nSPS) is 14.7. The largest absolute Gasteiger partial charge is 0.485 e. The lowest BCUT2D eigenvalue weighted by Gasteiger charge is -2.25. The van der Waals surface area contributed by atoms with Crippen molar-refractivity contribution in [1.82, 2.24) is 0 Å². The SMILES string of the molecule is CCOC(=O)c1sc(N)c(C(=O)OCC)c1COC(=O)C1COc2ccccc2O1.